The summed E-state index contributed by atoms with van der Waals surface area (Å²) in [5.41, 5.74) is 0.738. The Kier molecular flexibility index (Phi) is 4.74. The molecule has 0 aliphatic carbocycles. The molecule has 104 valence electrons. The summed E-state index contributed by atoms with van der Waals surface area (Å²) >= 11 is 0. The SMILES string of the molecule is COc1cc(NC(C)=O)c(C(=O)N(C)C)cc1OC. The fourth-order valence-electron chi connectivity index (χ4n) is 1.59. The molecule has 1 aromatic rings. The quantitative estimate of drug-likeness (QED) is 0.893. The first-order chi connectivity index (χ1) is 8.90. The van der Waals surface area contributed by atoms with E-state index < -0.39 is 0 Å². The Balaban J connectivity index is 3.39. The molecule has 0 saturated heterocycles. The summed E-state index contributed by atoms with van der Waals surface area (Å²) in [6.07, 6.45) is 0. The highest BCUT2D eigenvalue weighted by Gasteiger charge is 2.18. The van der Waals surface area contributed by atoms with Gasteiger partial charge >= 0.3 is 0 Å². The van der Waals surface area contributed by atoms with Gasteiger partial charge < -0.3 is 19.7 Å². The third kappa shape index (κ3) is 3.37. The Morgan fingerprint density at radius 3 is 2.05 bits per heavy atom. The molecule has 0 heterocycles. The van der Waals surface area contributed by atoms with Crippen molar-refractivity contribution in [3.05, 3.63) is 17.7 Å². The van der Waals surface area contributed by atoms with Crippen LogP contribution >= 0.6 is 0 Å². The van der Waals surface area contributed by atoms with Crippen molar-refractivity contribution in [1.82, 2.24) is 4.90 Å². The normalized spacial score (nSPS) is 9.74. The predicted octanol–water partition coefficient (Wildman–Crippen LogP) is 1.36. The molecule has 2 amide bonds. The molecular weight excluding hydrogens is 248 g/mol. The predicted molar refractivity (Wildman–Crippen MR) is 71.9 cm³/mol. The average molecular weight is 266 g/mol. The van der Waals surface area contributed by atoms with Crippen LogP contribution in [0.5, 0.6) is 11.5 Å². The molecule has 19 heavy (non-hydrogen) atoms. The van der Waals surface area contributed by atoms with Gasteiger partial charge in [-0.25, -0.2) is 0 Å². The third-order valence-electron chi connectivity index (χ3n) is 2.47. The average Bonchev–Trinajstić information content (AvgIpc) is 2.36. The van der Waals surface area contributed by atoms with E-state index in [2.05, 4.69) is 5.32 Å². The van der Waals surface area contributed by atoms with E-state index in [1.54, 1.807) is 26.2 Å². The number of methoxy groups -OCH3 is 2. The number of anilines is 1. The molecule has 0 saturated carbocycles. The van der Waals surface area contributed by atoms with Crippen LogP contribution in [0.4, 0.5) is 5.69 Å². The number of hydrogen-bond donors (Lipinski definition) is 1. The van der Waals surface area contributed by atoms with E-state index in [9.17, 15) is 9.59 Å². The van der Waals surface area contributed by atoms with Crippen molar-refractivity contribution in [3.8, 4) is 11.5 Å². The van der Waals surface area contributed by atoms with Crippen molar-refractivity contribution < 1.29 is 19.1 Å². The lowest BCUT2D eigenvalue weighted by atomic mass is 10.1. The minimum absolute atomic E-state index is 0.232. The molecule has 0 atom stereocenters. The number of nitrogens with zero attached hydrogens (tertiary/aromatic N) is 1. The second-order valence-electron chi connectivity index (χ2n) is 4.13. The van der Waals surface area contributed by atoms with Crippen molar-refractivity contribution in [2.75, 3.05) is 33.6 Å². The molecule has 0 unspecified atom stereocenters. The molecule has 0 radical (unpaired) electrons. The lowest BCUT2D eigenvalue weighted by molar-refractivity contribution is -0.114. The van der Waals surface area contributed by atoms with Crippen molar-refractivity contribution in [2.24, 2.45) is 0 Å². The van der Waals surface area contributed by atoms with Crippen molar-refractivity contribution in [1.29, 1.82) is 0 Å². The fraction of sp³-hybridized carbons (Fsp3) is 0.385. The van der Waals surface area contributed by atoms with Gasteiger partial charge in [0.15, 0.2) is 11.5 Å². The standard InChI is InChI=1S/C13H18N2O4/c1-8(16)14-10-7-12(19-5)11(18-4)6-9(10)13(17)15(2)3/h6-7H,1-5H3,(H,14,16). The van der Waals surface area contributed by atoms with Crippen LogP contribution in [0.25, 0.3) is 0 Å². The number of carbonyl (C=O) groups is 2. The maximum Gasteiger partial charge on any atom is 0.255 e. The van der Waals surface area contributed by atoms with Crippen LogP contribution in [0.15, 0.2) is 12.1 Å². The van der Waals surface area contributed by atoms with Crippen LogP contribution in [0, 0.1) is 0 Å². The van der Waals surface area contributed by atoms with Gasteiger partial charge in [0.1, 0.15) is 0 Å². The van der Waals surface area contributed by atoms with Gasteiger partial charge in [-0.2, -0.15) is 0 Å². The van der Waals surface area contributed by atoms with Crippen LogP contribution in [-0.2, 0) is 4.79 Å². The van der Waals surface area contributed by atoms with Gasteiger partial charge in [-0.05, 0) is 6.07 Å². The van der Waals surface area contributed by atoms with Crippen molar-refractivity contribution in [2.45, 2.75) is 6.92 Å². The Bertz CT molecular complexity index is 498. The Labute approximate surface area is 112 Å². The summed E-state index contributed by atoms with van der Waals surface area (Å²) in [6, 6.07) is 3.11. The molecule has 0 aliphatic heterocycles. The zero-order valence-electron chi connectivity index (χ0n) is 11.7. The minimum Gasteiger partial charge on any atom is -0.493 e. The van der Waals surface area contributed by atoms with Crippen LogP contribution in [0.2, 0.25) is 0 Å². The van der Waals surface area contributed by atoms with Gasteiger partial charge in [-0.15, -0.1) is 0 Å². The second kappa shape index (κ2) is 6.08. The van der Waals surface area contributed by atoms with Crippen LogP contribution in [0.3, 0.4) is 0 Å². The number of benzene rings is 1. The Hall–Kier alpha value is -2.24. The molecule has 1 N–H and O–H groups in total. The third-order valence-corrected chi connectivity index (χ3v) is 2.47. The Morgan fingerprint density at radius 1 is 1.11 bits per heavy atom. The lowest BCUT2D eigenvalue weighted by Crippen LogP contribution is -2.23. The van der Waals surface area contributed by atoms with E-state index in [4.69, 9.17) is 9.47 Å². The second-order valence-corrected chi connectivity index (χ2v) is 4.13. The number of ether oxygens (including phenoxy) is 2. The number of amides is 2. The molecule has 0 aromatic heterocycles. The number of nitrogens with one attached hydrogen (secondary N) is 1. The smallest absolute Gasteiger partial charge is 0.255 e. The maximum absolute atomic E-state index is 12.1. The van der Waals surface area contributed by atoms with Gasteiger partial charge in [0, 0.05) is 27.1 Å². The van der Waals surface area contributed by atoms with Crippen molar-refractivity contribution in [3.63, 3.8) is 0 Å². The fourth-order valence-corrected chi connectivity index (χ4v) is 1.59. The first-order valence-electron chi connectivity index (χ1n) is 5.66. The summed E-state index contributed by atoms with van der Waals surface area (Å²) in [4.78, 5) is 24.7. The van der Waals surface area contributed by atoms with Crippen LogP contribution < -0.4 is 14.8 Å². The maximum atomic E-state index is 12.1. The van der Waals surface area contributed by atoms with Gasteiger partial charge in [0.2, 0.25) is 5.91 Å². The van der Waals surface area contributed by atoms with E-state index in [1.165, 1.54) is 26.0 Å². The molecule has 0 bridgehead atoms. The highest BCUT2D eigenvalue weighted by atomic mass is 16.5. The summed E-state index contributed by atoms with van der Waals surface area (Å²) in [5, 5.41) is 2.61. The van der Waals surface area contributed by atoms with E-state index in [0.717, 1.165) is 0 Å². The highest BCUT2D eigenvalue weighted by molar-refractivity contribution is 6.04. The first-order valence-corrected chi connectivity index (χ1v) is 5.66. The van der Waals surface area contributed by atoms with Gasteiger partial charge in [-0.1, -0.05) is 0 Å². The summed E-state index contributed by atoms with van der Waals surface area (Å²) in [5.74, 6) is 0.382. The van der Waals surface area contributed by atoms with Crippen LogP contribution in [-0.4, -0.2) is 45.0 Å². The lowest BCUT2D eigenvalue weighted by Gasteiger charge is -2.17. The highest BCUT2D eigenvalue weighted by Crippen LogP contribution is 2.33. The van der Waals surface area contributed by atoms with Gasteiger partial charge in [-0.3, -0.25) is 9.59 Å². The molecule has 0 spiro atoms. The summed E-state index contributed by atoms with van der Waals surface area (Å²) < 4.78 is 10.3. The molecule has 6 nitrogen and oxygen atoms in total. The molecular formula is C13H18N2O4. The minimum atomic E-state index is -0.264. The van der Waals surface area contributed by atoms with E-state index in [-0.39, 0.29) is 11.8 Å². The largest absolute Gasteiger partial charge is 0.493 e. The van der Waals surface area contributed by atoms with E-state index in [0.29, 0.717) is 22.7 Å². The number of hydrogen-bond acceptors (Lipinski definition) is 4. The molecule has 1 aromatic carbocycles. The Morgan fingerprint density at radius 2 is 1.63 bits per heavy atom. The molecule has 6 heteroatoms. The number of carbonyl (C=O) groups excluding carboxylic acids is 2. The molecule has 1 rings (SSSR count). The summed E-state index contributed by atoms with van der Waals surface area (Å²) in [6.45, 7) is 1.38. The van der Waals surface area contributed by atoms with E-state index >= 15 is 0 Å². The number of rotatable bonds is 4. The zero-order chi connectivity index (χ0) is 14.6. The topological polar surface area (TPSA) is 67.9 Å². The zero-order valence-corrected chi connectivity index (χ0v) is 11.7. The summed E-state index contributed by atoms with van der Waals surface area (Å²) in [7, 11) is 6.25. The van der Waals surface area contributed by atoms with E-state index in [1.807, 2.05) is 0 Å². The van der Waals surface area contributed by atoms with Gasteiger partial charge in [0.25, 0.3) is 5.91 Å². The molecule has 0 aliphatic rings. The van der Waals surface area contributed by atoms with Crippen molar-refractivity contribution >= 4 is 17.5 Å². The van der Waals surface area contributed by atoms with Gasteiger partial charge in [0.05, 0.1) is 25.5 Å². The first kappa shape index (κ1) is 14.8. The molecule has 0 fully saturated rings. The van der Waals surface area contributed by atoms with Crippen LogP contribution in [0.1, 0.15) is 17.3 Å². The monoisotopic (exact) mass is 266 g/mol.